The number of carbonyl (C=O) groups excluding carboxylic acids is 1. The molecule has 2 unspecified atom stereocenters. The van der Waals surface area contributed by atoms with Gasteiger partial charge in [-0.2, -0.15) is 0 Å². The predicted molar refractivity (Wildman–Crippen MR) is 93.1 cm³/mol. The third-order valence-corrected chi connectivity index (χ3v) is 3.78. The molecular formula is C18H34N2O3. The van der Waals surface area contributed by atoms with Crippen molar-refractivity contribution >= 4 is 6.09 Å². The zero-order valence-electron chi connectivity index (χ0n) is 15.8. The number of hydrogen-bond acceptors (Lipinski definition) is 4. The molecule has 0 aromatic rings. The summed E-state index contributed by atoms with van der Waals surface area (Å²) in [5.74, 6) is 0.431. The number of allylic oxidation sites excluding steroid dienone is 1. The molecule has 1 aliphatic rings. The second-order valence-corrected chi connectivity index (χ2v) is 8.12. The Kier molecular flexibility index (Phi) is 6.66. The summed E-state index contributed by atoms with van der Waals surface area (Å²) >= 11 is 0. The van der Waals surface area contributed by atoms with Crippen LogP contribution in [-0.4, -0.2) is 41.0 Å². The molecule has 134 valence electrons. The van der Waals surface area contributed by atoms with E-state index in [1.165, 1.54) is 0 Å². The fourth-order valence-electron chi connectivity index (χ4n) is 2.87. The van der Waals surface area contributed by atoms with E-state index in [2.05, 4.69) is 19.1 Å². The van der Waals surface area contributed by atoms with Crippen molar-refractivity contribution in [3.05, 3.63) is 12.2 Å². The first-order chi connectivity index (χ1) is 10.4. The van der Waals surface area contributed by atoms with Crippen LogP contribution in [0.5, 0.6) is 0 Å². The second-order valence-electron chi connectivity index (χ2n) is 8.12. The molecule has 1 saturated heterocycles. The normalized spacial score (nSPS) is 24.0. The largest absolute Gasteiger partial charge is 0.444 e. The molecule has 0 radical (unpaired) electrons. The first kappa shape index (κ1) is 20.0. The molecule has 0 saturated carbocycles. The second kappa shape index (κ2) is 7.67. The summed E-state index contributed by atoms with van der Waals surface area (Å²) in [4.78, 5) is 14.2. The van der Waals surface area contributed by atoms with Gasteiger partial charge in [0.1, 0.15) is 11.3 Å². The van der Waals surface area contributed by atoms with Crippen molar-refractivity contribution in [1.29, 1.82) is 0 Å². The van der Waals surface area contributed by atoms with Crippen LogP contribution in [-0.2, 0) is 9.47 Å². The Hall–Kier alpha value is -1.07. The predicted octanol–water partition coefficient (Wildman–Crippen LogP) is 3.68. The van der Waals surface area contributed by atoms with Crippen LogP contribution in [0.4, 0.5) is 4.79 Å². The first-order valence-corrected chi connectivity index (χ1v) is 8.51. The minimum Gasteiger partial charge on any atom is -0.444 e. The Balaban J connectivity index is 2.70. The summed E-state index contributed by atoms with van der Waals surface area (Å²) in [5.41, 5.74) is 4.67. The van der Waals surface area contributed by atoms with Gasteiger partial charge >= 0.3 is 6.09 Å². The lowest BCUT2D eigenvalue weighted by Crippen LogP contribution is -2.49. The van der Waals surface area contributed by atoms with Gasteiger partial charge in [-0.15, -0.1) is 0 Å². The van der Waals surface area contributed by atoms with E-state index < -0.39 is 11.3 Å². The minimum atomic E-state index is -0.641. The topological polar surface area (TPSA) is 64.8 Å². The molecule has 0 aromatic heterocycles. The Labute approximate surface area is 141 Å². The van der Waals surface area contributed by atoms with Gasteiger partial charge in [-0.1, -0.05) is 19.1 Å². The molecule has 1 fully saturated rings. The lowest BCUT2D eigenvalue weighted by molar-refractivity contribution is -0.0623. The summed E-state index contributed by atoms with van der Waals surface area (Å²) in [6.07, 6.45) is 5.69. The third-order valence-electron chi connectivity index (χ3n) is 3.78. The molecule has 0 spiro atoms. The Morgan fingerprint density at radius 3 is 2.57 bits per heavy atom. The van der Waals surface area contributed by atoms with Crippen molar-refractivity contribution in [2.45, 2.75) is 84.7 Å². The summed E-state index contributed by atoms with van der Waals surface area (Å²) in [6, 6.07) is 0.195. The fraction of sp³-hybridized carbons (Fsp3) is 0.833. The van der Waals surface area contributed by atoms with Gasteiger partial charge < -0.3 is 15.2 Å². The van der Waals surface area contributed by atoms with Gasteiger partial charge in [0, 0.05) is 6.04 Å². The summed E-state index contributed by atoms with van der Waals surface area (Å²) in [6.45, 7) is 14.1. The van der Waals surface area contributed by atoms with Gasteiger partial charge in [-0.25, -0.2) is 4.79 Å². The van der Waals surface area contributed by atoms with Crippen LogP contribution >= 0.6 is 0 Å². The van der Waals surface area contributed by atoms with Crippen molar-refractivity contribution < 1.29 is 14.3 Å². The average Bonchev–Trinajstić information content (AvgIpc) is 2.61. The molecule has 5 heteroatoms. The molecule has 0 aromatic carbocycles. The molecular weight excluding hydrogens is 292 g/mol. The highest BCUT2D eigenvalue weighted by atomic mass is 16.6. The van der Waals surface area contributed by atoms with E-state index in [9.17, 15) is 4.79 Å². The summed E-state index contributed by atoms with van der Waals surface area (Å²) in [7, 11) is 0. The smallest absolute Gasteiger partial charge is 0.412 e. The number of ether oxygens (including phenoxy) is 2. The maximum Gasteiger partial charge on any atom is 0.412 e. The first-order valence-electron chi connectivity index (χ1n) is 8.51. The zero-order valence-corrected chi connectivity index (χ0v) is 15.8. The molecule has 0 aliphatic carbocycles. The van der Waals surface area contributed by atoms with Crippen molar-refractivity contribution in [1.82, 2.24) is 4.90 Å². The summed E-state index contributed by atoms with van der Waals surface area (Å²) in [5, 5.41) is 0. The van der Waals surface area contributed by atoms with Gasteiger partial charge in [0.25, 0.3) is 0 Å². The monoisotopic (exact) mass is 326 g/mol. The molecule has 0 bridgehead atoms. The lowest BCUT2D eigenvalue weighted by atomic mass is 10.0. The minimum absolute atomic E-state index is 0.00130. The van der Waals surface area contributed by atoms with E-state index >= 15 is 0 Å². The van der Waals surface area contributed by atoms with Crippen LogP contribution < -0.4 is 5.73 Å². The number of amides is 1. The van der Waals surface area contributed by atoms with Crippen LogP contribution in [0.2, 0.25) is 0 Å². The van der Waals surface area contributed by atoms with E-state index in [0.717, 1.165) is 12.8 Å². The van der Waals surface area contributed by atoms with Crippen molar-refractivity contribution in [2.75, 3.05) is 6.61 Å². The van der Waals surface area contributed by atoms with Gasteiger partial charge in [0.15, 0.2) is 0 Å². The van der Waals surface area contributed by atoms with E-state index in [-0.39, 0.29) is 18.2 Å². The van der Waals surface area contributed by atoms with Crippen LogP contribution in [0.15, 0.2) is 12.2 Å². The lowest BCUT2D eigenvalue weighted by Gasteiger charge is -2.34. The fourth-order valence-corrected chi connectivity index (χ4v) is 2.87. The molecule has 5 nitrogen and oxygen atoms in total. The van der Waals surface area contributed by atoms with Gasteiger partial charge in [0.2, 0.25) is 0 Å². The zero-order chi connectivity index (χ0) is 17.8. The summed E-state index contributed by atoms with van der Waals surface area (Å²) < 4.78 is 11.3. The molecule has 23 heavy (non-hydrogen) atoms. The number of carbonyl (C=O) groups is 1. The Morgan fingerprint density at radius 1 is 1.43 bits per heavy atom. The highest BCUT2D eigenvalue weighted by molar-refractivity contribution is 5.69. The molecule has 2 N–H and O–H groups in total. The number of hydrogen-bond donors (Lipinski definition) is 1. The average molecular weight is 326 g/mol. The maximum absolute atomic E-state index is 12.5. The van der Waals surface area contributed by atoms with Gasteiger partial charge in [0.05, 0.1) is 12.6 Å². The van der Waals surface area contributed by atoms with Crippen LogP contribution in [0.25, 0.3) is 0 Å². The van der Waals surface area contributed by atoms with Gasteiger partial charge in [-0.3, -0.25) is 4.90 Å². The Morgan fingerprint density at radius 2 is 2.04 bits per heavy atom. The van der Waals surface area contributed by atoms with Crippen molar-refractivity contribution in [3.63, 3.8) is 0 Å². The van der Waals surface area contributed by atoms with Gasteiger partial charge in [-0.05, 0) is 60.3 Å². The third kappa shape index (κ3) is 6.51. The SMILES string of the molecule is CC(N)CC(C)/C=C/C[C@@H]1COC(C)(C)N1C(=O)OC(C)(C)C. The standard InChI is InChI=1S/C18H34N2O3/c1-13(11-14(2)19)9-8-10-15-12-22-18(6,7)20(15)16(21)23-17(3,4)5/h8-9,13-15H,10-12,19H2,1-7H3/b9-8+/t13?,14?,15-/m1/s1. The van der Waals surface area contributed by atoms with E-state index in [4.69, 9.17) is 15.2 Å². The van der Waals surface area contributed by atoms with Crippen molar-refractivity contribution in [2.24, 2.45) is 11.7 Å². The molecule has 1 amide bonds. The molecule has 1 aliphatic heterocycles. The number of nitrogens with zero attached hydrogens (tertiary/aromatic N) is 1. The number of rotatable bonds is 5. The highest BCUT2D eigenvalue weighted by Gasteiger charge is 2.45. The molecule has 1 heterocycles. The molecule has 1 rings (SSSR count). The van der Waals surface area contributed by atoms with Crippen LogP contribution in [0.3, 0.4) is 0 Å². The van der Waals surface area contributed by atoms with E-state index in [1.54, 1.807) is 4.90 Å². The quantitative estimate of drug-likeness (QED) is 0.783. The molecule has 3 atom stereocenters. The van der Waals surface area contributed by atoms with E-state index in [0.29, 0.717) is 12.5 Å². The Bertz CT molecular complexity index is 424. The maximum atomic E-state index is 12.5. The van der Waals surface area contributed by atoms with Crippen molar-refractivity contribution in [3.8, 4) is 0 Å². The van der Waals surface area contributed by atoms with Crippen LogP contribution in [0.1, 0.15) is 61.3 Å². The van der Waals surface area contributed by atoms with E-state index in [1.807, 2.05) is 41.5 Å². The highest BCUT2D eigenvalue weighted by Crippen LogP contribution is 2.31. The van der Waals surface area contributed by atoms with Crippen LogP contribution in [0, 0.1) is 5.92 Å². The number of nitrogens with two attached hydrogens (primary N) is 1.